The first kappa shape index (κ1) is 39.9. The van der Waals surface area contributed by atoms with Gasteiger partial charge in [0.1, 0.15) is 23.1 Å². The third kappa shape index (κ3) is 26.8. The summed E-state index contributed by atoms with van der Waals surface area (Å²) in [6, 6.07) is 0. The molecule has 0 aromatic heterocycles. The zero-order chi connectivity index (χ0) is 31.5. The number of hydrogen-bond donors (Lipinski definition) is 1. The average molecular weight is 605 g/mol. The molecule has 1 N–H and O–H groups in total. The smallest absolute Gasteiger partial charge is 0.303 e. The second-order valence-corrected chi connectivity index (χ2v) is 10.5. The Morgan fingerprint density at radius 1 is 0.476 bits per heavy atom. The predicted molar refractivity (Wildman–Crippen MR) is 154 cm³/mol. The summed E-state index contributed by atoms with van der Waals surface area (Å²) < 4.78 is 34.1. The lowest BCUT2D eigenvalue weighted by Crippen LogP contribution is -2.40. The summed E-state index contributed by atoms with van der Waals surface area (Å²) in [5.41, 5.74) is -0.837. The minimum atomic E-state index is -1.04. The molecule has 0 fully saturated rings. The van der Waals surface area contributed by atoms with Crippen LogP contribution in [0.2, 0.25) is 0 Å². The first-order valence-corrected chi connectivity index (χ1v) is 14.7. The molecular formula is C30H52O12. The van der Waals surface area contributed by atoms with Crippen LogP contribution in [0.5, 0.6) is 0 Å². The Morgan fingerprint density at radius 2 is 0.810 bits per heavy atom. The van der Waals surface area contributed by atoms with E-state index in [0.717, 1.165) is 0 Å². The number of carbonyl (C=O) groups excluding carboxylic acids is 4. The molecule has 0 radical (unpaired) electrons. The molecule has 12 nitrogen and oxygen atoms in total. The molecule has 0 spiro atoms. The Balaban J connectivity index is 5.03. The molecule has 0 rings (SSSR count). The maximum Gasteiger partial charge on any atom is 0.303 e. The van der Waals surface area contributed by atoms with E-state index in [0.29, 0.717) is 98.0 Å². The van der Waals surface area contributed by atoms with E-state index >= 15 is 0 Å². The Bertz CT molecular complexity index is 693. The third-order valence-corrected chi connectivity index (χ3v) is 5.94. The van der Waals surface area contributed by atoms with Crippen molar-refractivity contribution in [2.75, 3.05) is 79.3 Å². The van der Waals surface area contributed by atoms with Gasteiger partial charge in [-0.1, -0.05) is 0 Å². The van der Waals surface area contributed by atoms with Gasteiger partial charge < -0.3 is 33.5 Å². The highest BCUT2D eigenvalue weighted by atomic mass is 16.5. The van der Waals surface area contributed by atoms with Crippen molar-refractivity contribution >= 4 is 29.1 Å². The fourth-order valence-electron chi connectivity index (χ4n) is 3.64. The molecule has 0 saturated heterocycles. The van der Waals surface area contributed by atoms with Gasteiger partial charge in [-0.15, -0.1) is 0 Å². The molecular weight excluding hydrogens is 552 g/mol. The van der Waals surface area contributed by atoms with Crippen molar-refractivity contribution in [2.45, 2.75) is 78.6 Å². The summed E-state index contributed by atoms with van der Waals surface area (Å²) in [5, 5.41) is 9.02. The number of aliphatic carboxylic acids is 1. The van der Waals surface area contributed by atoms with Crippen molar-refractivity contribution in [3.8, 4) is 0 Å². The van der Waals surface area contributed by atoms with E-state index < -0.39 is 11.4 Å². The van der Waals surface area contributed by atoms with Crippen molar-refractivity contribution < 1.29 is 57.5 Å². The van der Waals surface area contributed by atoms with Crippen LogP contribution in [0.3, 0.4) is 0 Å². The van der Waals surface area contributed by atoms with Crippen molar-refractivity contribution in [2.24, 2.45) is 5.41 Å². The summed E-state index contributed by atoms with van der Waals surface area (Å²) in [4.78, 5) is 56.9. The summed E-state index contributed by atoms with van der Waals surface area (Å²) in [6.07, 6.45) is 2.54. The highest BCUT2D eigenvalue weighted by Crippen LogP contribution is 2.26. The molecule has 0 aliphatic heterocycles. The summed E-state index contributed by atoms with van der Waals surface area (Å²) in [7, 11) is 0. The second-order valence-electron chi connectivity index (χ2n) is 10.5. The molecule has 12 heteroatoms. The van der Waals surface area contributed by atoms with Gasteiger partial charge in [-0.3, -0.25) is 24.0 Å². The van der Waals surface area contributed by atoms with Crippen LogP contribution in [0.15, 0.2) is 0 Å². The topological polar surface area (TPSA) is 161 Å². The molecule has 0 atom stereocenters. The maximum atomic E-state index is 12.8. The van der Waals surface area contributed by atoms with Crippen LogP contribution in [0.1, 0.15) is 78.6 Å². The molecule has 0 aliphatic rings. The van der Waals surface area contributed by atoms with Crippen molar-refractivity contribution in [1.29, 1.82) is 0 Å². The third-order valence-electron chi connectivity index (χ3n) is 5.94. The van der Waals surface area contributed by atoms with Crippen LogP contribution in [-0.4, -0.2) is 113 Å². The number of carboxylic acids is 1. The van der Waals surface area contributed by atoms with Gasteiger partial charge in [-0.2, -0.15) is 0 Å². The lowest BCUT2D eigenvalue weighted by molar-refractivity contribution is -0.139. The predicted octanol–water partition coefficient (Wildman–Crippen LogP) is 3.00. The van der Waals surface area contributed by atoms with E-state index in [2.05, 4.69) is 0 Å². The quantitative estimate of drug-likeness (QED) is 0.112. The largest absolute Gasteiger partial charge is 0.481 e. The molecule has 0 saturated carbocycles. The molecule has 0 unspecified atom stereocenters. The second kappa shape index (κ2) is 26.5. The van der Waals surface area contributed by atoms with Crippen LogP contribution in [0.25, 0.3) is 0 Å². The first-order chi connectivity index (χ1) is 20.1. The van der Waals surface area contributed by atoms with Crippen LogP contribution in [0, 0.1) is 5.41 Å². The summed E-state index contributed by atoms with van der Waals surface area (Å²) in [5.74, 6) is -1.07. The van der Waals surface area contributed by atoms with Crippen LogP contribution >= 0.6 is 0 Å². The fourth-order valence-corrected chi connectivity index (χ4v) is 3.64. The van der Waals surface area contributed by atoms with Gasteiger partial charge in [0.25, 0.3) is 0 Å². The molecule has 0 aromatic rings. The zero-order valence-electron chi connectivity index (χ0n) is 25.8. The number of rotatable bonds is 32. The average Bonchev–Trinajstić information content (AvgIpc) is 2.91. The fraction of sp³-hybridized carbons (Fsp3) is 0.833. The molecule has 244 valence electrons. The number of ketones is 4. The minimum absolute atomic E-state index is 0.0274. The van der Waals surface area contributed by atoms with Gasteiger partial charge in [0.2, 0.25) is 0 Å². The highest BCUT2D eigenvalue weighted by molar-refractivity contribution is 5.83. The molecule has 0 aromatic carbocycles. The van der Waals surface area contributed by atoms with Crippen molar-refractivity contribution in [1.82, 2.24) is 0 Å². The van der Waals surface area contributed by atoms with E-state index in [1.807, 2.05) is 0 Å². The lowest BCUT2D eigenvalue weighted by atomic mass is 9.84. The monoisotopic (exact) mass is 604 g/mol. The van der Waals surface area contributed by atoms with Gasteiger partial charge in [0.05, 0.1) is 46.1 Å². The zero-order valence-corrected chi connectivity index (χ0v) is 25.8. The Hall–Kier alpha value is -2.09. The van der Waals surface area contributed by atoms with Gasteiger partial charge in [-0.25, -0.2) is 0 Å². The Labute approximate surface area is 250 Å². The number of ether oxygens (including phenoxy) is 6. The highest BCUT2D eigenvalue weighted by Gasteiger charge is 2.34. The summed E-state index contributed by atoms with van der Waals surface area (Å²) >= 11 is 0. The minimum Gasteiger partial charge on any atom is -0.481 e. The molecule has 0 aliphatic carbocycles. The molecule has 0 bridgehead atoms. The number of Topliss-reactive ketones (excluding diaryl/α,β-unsaturated/α-hetero) is 4. The van der Waals surface area contributed by atoms with Gasteiger partial charge in [0, 0.05) is 77.2 Å². The van der Waals surface area contributed by atoms with Crippen molar-refractivity contribution in [3.05, 3.63) is 0 Å². The van der Waals surface area contributed by atoms with E-state index in [9.17, 15) is 24.0 Å². The molecule has 0 heterocycles. The summed E-state index contributed by atoms with van der Waals surface area (Å²) in [6.45, 7) is 8.44. The SMILES string of the molecule is CC(=O)CCOCCCOCC(COCCCOCCC(C)=O)(COCCCOCCC(C)=O)CC(=O)CCC(=O)O. The van der Waals surface area contributed by atoms with Gasteiger partial charge in [-0.05, 0) is 40.0 Å². The number of hydrogen-bond acceptors (Lipinski definition) is 11. The van der Waals surface area contributed by atoms with E-state index in [1.165, 1.54) is 20.8 Å². The number of carbonyl (C=O) groups is 5. The Morgan fingerprint density at radius 3 is 1.12 bits per heavy atom. The van der Waals surface area contributed by atoms with Crippen molar-refractivity contribution in [3.63, 3.8) is 0 Å². The molecule has 0 amide bonds. The normalized spacial score (nSPS) is 11.5. The Kier molecular flexibility index (Phi) is 25.2. The van der Waals surface area contributed by atoms with Crippen LogP contribution in [0.4, 0.5) is 0 Å². The van der Waals surface area contributed by atoms with E-state index in [-0.39, 0.29) is 62.2 Å². The van der Waals surface area contributed by atoms with E-state index in [1.54, 1.807) is 0 Å². The lowest BCUT2D eigenvalue weighted by Gasteiger charge is -2.33. The van der Waals surface area contributed by atoms with E-state index in [4.69, 9.17) is 33.5 Å². The van der Waals surface area contributed by atoms with Crippen LogP contribution in [-0.2, 0) is 52.4 Å². The van der Waals surface area contributed by atoms with Gasteiger partial charge in [0.15, 0.2) is 0 Å². The number of carboxylic acid groups (broad SMARTS) is 1. The maximum absolute atomic E-state index is 12.8. The van der Waals surface area contributed by atoms with Crippen LogP contribution < -0.4 is 0 Å². The molecule has 42 heavy (non-hydrogen) atoms. The van der Waals surface area contributed by atoms with Gasteiger partial charge >= 0.3 is 5.97 Å². The first-order valence-electron chi connectivity index (χ1n) is 14.7. The standard InChI is InChI=1S/C30H52O12/c1-25(31)9-18-37-12-4-15-40-22-30(21-28(34)7-8-29(35)36,23-41-16-5-13-38-19-10-26(2)32)24-42-17-6-14-39-20-11-27(3)33/h4-24H2,1-3H3,(H,35,36).